The summed E-state index contributed by atoms with van der Waals surface area (Å²) < 4.78 is 83.0. The molecule has 2 aromatic carbocycles. The predicted molar refractivity (Wildman–Crippen MR) is 213 cm³/mol. The van der Waals surface area contributed by atoms with Crippen LogP contribution in [0.2, 0.25) is 0 Å². The number of alkyl halides is 5. The number of carbonyl (C=O) groups is 2. The summed E-state index contributed by atoms with van der Waals surface area (Å²) in [7, 11) is 2.45. The van der Waals surface area contributed by atoms with E-state index in [2.05, 4.69) is 35.6 Å². The minimum Gasteiger partial charge on any atom is -0.495 e. The number of methoxy groups -OCH3 is 2. The fourth-order valence-electron chi connectivity index (χ4n) is 4.53. The number of thioether (sulfide) groups is 3. The number of carbonyl (C=O) groups excluding carboxylic acids is 2. The lowest BCUT2D eigenvalue weighted by Crippen LogP contribution is -2.23. The van der Waals surface area contributed by atoms with Gasteiger partial charge in [-0.3, -0.25) is 24.6 Å². The Bertz CT molecular complexity index is 1880. The van der Waals surface area contributed by atoms with Crippen LogP contribution in [0.25, 0.3) is 0 Å². The third-order valence-corrected chi connectivity index (χ3v) is 9.85. The van der Waals surface area contributed by atoms with E-state index in [1.54, 1.807) is 0 Å². The first-order valence-electron chi connectivity index (χ1n) is 16.2. The number of benzene rings is 2. The molecule has 0 radical (unpaired) electrons. The van der Waals surface area contributed by atoms with Crippen LogP contribution >= 0.6 is 35.3 Å². The highest BCUT2D eigenvalue weighted by molar-refractivity contribution is 7.99. The number of guanidine groups is 3. The molecule has 14 N–H and O–H groups in total. The summed E-state index contributed by atoms with van der Waals surface area (Å²) in [6.45, 7) is 0.937. The molecule has 57 heavy (non-hydrogen) atoms. The minimum absolute atomic E-state index is 0.00459. The quantitative estimate of drug-likeness (QED) is 0.0214. The standard InChI is InChI=1S/C32H40F5N13O4S3/c1-31(33,34)15-10-17(21(53-2)13-23(15)55-7-4-44-27(38)39)47-25(51)19-12-20(50-30(49-19)57-9-6-46-29(42)43)26(52)48-18-11-16(32(35,36)37)24(14-22(18)54-3)56-8-5-45-28(40)41/h10-14H,4-9H2,1-3H3,(H,47,51)(H,48,52)(H4,38,39,44)(H4,40,41,45)(H4,42,43,46). The molecule has 0 aliphatic rings. The molecule has 0 unspecified atom stereocenters. The van der Waals surface area contributed by atoms with Gasteiger partial charge in [0.25, 0.3) is 17.7 Å². The van der Waals surface area contributed by atoms with Crippen molar-refractivity contribution in [1.29, 1.82) is 0 Å². The normalized spacial score (nSPS) is 11.3. The van der Waals surface area contributed by atoms with E-state index in [1.807, 2.05) is 0 Å². The van der Waals surface area contributed by atoms with Gasteiger partial charge in [-0.05, 0) is 24.3 Å². The van der Waals surface area contributed by atoms with Crippen molar-refractivity contribution < 1.29 is 41.0 Å². The lowest BCUT2D eigenvalue weighted by molar-refractivity contribution is -0.139. The van der Waals surface area contributed by atoms with E-state index in [0.29, 0.717) is 13.0 Å². The largest absolute Gasteiger partial charge is 0.495 e. The summed E-state index contributed by atoms with van der Waals surface area (Å²) >= 11 is 2.78. The number of amides is 2. The zero-order valence-electron chi connectivity index (χ0n) is 30.6. The van der Waals surface area contributed by atoms with Gasteiger partial charge in [0, 0.05) is 45.6 Å². The van der Waals surface area contributed by atoms with E-state index in [9.17, 15) is 31.5 Å². The number of nitrogens with one attached hydrogen (secondary N) is 2. The Morgan fingerprint density at radius 3 is 1.40 bits per heavy atom. The summed E-state index contributed by atoms with van der Waals surface area (Å²) in [6.07, 6.45) is -4.85. The van der Waals surface area contributed by atoms with Crippen LogP contribution in [0.15, 0.2) is 60.3 Å². The number of rotatable bonds is 19. The maximum absolute atomic E-state index is 14.8. The van der Waals surface area contributed by atoms with Crippen molar-refractivity contribution in [2.24, 2.45) is 49.4 Å². The van der Waals surface area contributed by atoms with Crippen molar-refractivity contribution in [2.45, 2.75) is 34.0 Å². The molecule has 2 amide bonds. The fraction of sp³-hybridized carbons (Fsp3) is 0.344. The Balaban J connectivity index is 2.04. The van der Waals surface area contributed by atoms with E-state index in [0.717, 1.165) is 53.5 Å². The fourth-order valence-corrected chi connectivity index (χ4v) is 7.13. The van der Waals surface area contributed by atoms with Crippen molar-refractivity contribution in [1.82, 2.24) is 9.97 Å². The molecule has 0 saturated carbocycles. The molecule has 1 heterocycles. The van der Waals surface area contributed by atoms with Gasteiger partial charge in [-0.1, -0.05) is 11.8 Å². The summed E-state index contributed by atoms with van der Waals surface area (Å²) in [5, 5.41) is 4.71. The van der Waals surface area contributed by atoms with Crippen molar-refractivity contribution in [3.8, 4) is 11.5 Å². The second kappa shape index (κ2) is 20.7. The zero-order valence-corrected chi connectivity index (χ0v) is 33.0. The molecule has 0 bridgehead atoms. The van der Waals surface area contributed by atoms with Crippen LogP contribution in [0, 0.1) is 0 Å². The van der Waals surface area contributed by atoms with E-state index in [4.69, 9.17) is 43.9 Å². The monoisotopic (exact) mass is 861 g/mol. The van der Waals surface area contributed by atoms with Crippen LogP contribution in [0.1, 0.15) is 39.0 Å². The molecule has 3 rings (SSSR count). The summed E-state index contributed by atoms with van der Waals surface area (Å²) in [4.78, 5) is 47.1. The first-order valence-corrected chi connectivity index (χ1v) is 19.1. The van der Waals surface area contributed by atoms with Crippen molar-refractivity contribution >= 4 is 76.4 Å². The van der Waals surface area contributed by atoms with E-state index >= 15 is 0 Å². The molecule has 17 nitrogen and oxygen atoms in total. The van der Waals surface area contributed by atoms with Crippen LogP contribution in [0.3, 0.4) is 0 Å². The van der Waals surface area contributed by atoms with Gasteiger partial charge >= 0.3 is 6.18 Å². The Kier molecular flexibility index (Phi) is 16.6. The minimum atomic E-state index is -4.85. The number of anilines is 2. The number of nitrogens with two attached hydrogens (primary N) is 6. The number of aromatic nitrogens is 2. The van der Waals surface area contributed by atoms with Crippen LogP contribution in [0.4, 0.5) is 33.3 Å². The molecule has 0 spiro atoms. The van der Waals surface area contributed by atoms with E-state index < -0.39 is 46.4 Å². The van der Waals surface area contributed by atoms with Gasteiger partial charge in [0.15, 0.2) is 23.0 Å². The lowest BCUT2D eigenvalue weighted by atomic mass is 10.1. The molecule has 0 aliphatic heterocycles. The second-order valence-corrected chi connectivity index (χ2v) is 14.6. The topological polar surface area (TPSA) is 296 Å². The van der Waals surface area contributed by atoms with Crippen molar-refractivity contribution in [2.75, 3.05) is 61.7 Å². The number of nitrogens with zero attached hydrogens (tertiary/aromatic N) is 5. The maximum atomic E-state index is 14.8. The number of hydrogen-bond acceptors (Lipinski definition) is 12. The Hall–Kier alpha value is -5.43. The summed E-state index contributed by atoms with van der Waals surface area (Å²) in [5.74, 6) is -5.62. The van der Waals surface area contributed by atoms with Gasteiger partial charge in [0.1, 0.15) is 22.9 Å². The van der Waals surface area contributed by atoms with Gasteiger partial charge in [-0.2, -0.15) is 13.2 Å². The van der Waals surface area contributed by atoms with Crippen molar-refractivity contribution in [3.05, 3.63) is 52.8 Å². The highest BCUT2D eigenvalue weighted by Gasteiger charge is 2.35. The number of ether oxygens (including phenoxy) is 2. The molecular weight excluding hydrogens is 822 g/mol. The van der Waals surface area contributed by atoms with Crippen LogP contribution in [-0.2, 0) is 12.1 Å². The first-order chi connectivity index (χ1) is 26.7. The second-order valence-electron chi connectivity index (χ2n) is 11.3. The average Bonchev–Trinajstić information content (AvgIpc) is 3.12. The van der Waals surface area contributed by atoms with Crippen LogP contribution in [-0.4, -0.2) is 90.8 Å². The molecule has 25 heteroatoms. The van der Waals surface area contributed by atoms with Gasteiger partial charge in [-0.15, -0.1) is 23.5 Å². The van der Waals surface area contributed by atoms with E-state index in [1.165, 1.54) is 20.3 Å². The smallest absolute Gasteiger partial charge is 0.417 e. The molecule has 0 atom stereocenters. The molecule has 310 valence electrons. The van der Waals surface area contributed by atoms with Crippen LogP contribution in [0.5, 0.6) is 11.5 Å². The van der Waals surface area contributed by atoms with Crippen molar-refractivity contribution in [3.63, 3.8) is 0 Å². The molecule has 0 fully saturated rings. The molecular formula is C32H40F5N13O4S3. The summed E-state index contributed by atoms with van der Waals surface area (Å²) in [5.41, 5.74) is 29.1. The van der Waals surface area contributed by atoms with Gasteiger partial charge in [0.05, 0.1) is 50.8 Å². The Morgan fingerprint density at radius 1 is 0.649 bits per heavy atom. The average molecular weight is 862 g/mol. The SMILES string of the molecule is COc1cc(SCCN=C(N)N)c(C(C)(F)F)cc1NC(=O)c1cc(C(=O)Nc2cc(C(F)(F)F)c(SCCN=C(N)N)cc2OC)nc(SCCN=C(N)N)n1. The van der Waals surface area contributed by atoms with Crippen LogP contribution < -0.4 is 54.5 Å². The third kappa shape index (κ3) is 14.2. The third-order valence-electron chi connectivity index (χ3n) is 6.95. The molecule has 0 aliphatic carbocycles. The number of aliphatic imine (C=N–C) groups is 3. The highest BCUT2D eigenvalue weighted by atomic mass is 32.2. The lowest BCUT2D eigenvalue weighted by Gasteiger charge is -2.20. The number of hydrogen-bond donors (Lipinski definition) is 8. The Labute approximate surface area is 335 Å². The Morgan fingerprint density at radius 2 is 1.04 bits per heavy atom. The molecule has 3 aromatic rings. The van der Waals surface area contributed by atoms with Gasteiger partial charge < -0.3 is 54.5 Å². The van der Waals surface area contributed by atoms with Gasteiger partial charge in [-0.25, -0.2) is 18.7 Å². The highest BCUT2D eigenvalue weighted by Crippen LogP contribution is 2.43. The molecule has 1 aromatic heterocycles. The summed E-state index contributed by atoms with van der Waals surface area (Å²) in [6, 6.07) is 5.09. The van der Waals surface area contributed by atoms with E-state index in [-0.39, 0.29) is 92.6 Å². The first kappa shape index (κ1) is 46.0. The predicted octanol–water partition coefficient (Wildman–Crippen LogP) is 3.23. The maximum Gasteiger partial charge on any atom is 0.417 e. The number of halogens is 5. The molecule has 0 saturated heterocycles. The van der Waals surface area contributed by atoms with Gasteiger partial charge in [0.2, 0.25) is 0 Å². The zero-order chi connectivity index (χ0) is 42.5.